The number of nitrogens with zero attached hydrogens (tertiary/aromatic N) is 5. The van der Waals surface area contributed by atoms with Gasteiger partial charge in [0, 0.05) is 32.3 Å². The van der Waals surface area contributed by atoms with Crippen molar-refractivity contribution in [1.29, 1.82) is 0 Å². The number of carbonyl (C=O) groups excluding carboxylic acids is 1. The summed E-state index contributed by atoms with van der Waals surface area (Å²) in [5.74, 6) is -0.0135. The van der Waals surface area contributed by atoms with E-state index in [0.29, 0.717) is 36.8 Å². The molecule has 0 fully saturated rings. The summed E-state index contributed by atoms with van der Waals surface area (Å²) in [6.07, 6.45) is 6.72. The van der Waals surface area contributed by atoms with Gasteiger partial charge in [0.15, 0.2) is 0 Å². The van der Waals surface area contributed by atoms with Crippen molar-refractivity contribution in [3.63, 3.8) is 0 Å². The first kappa shape index (κ1) is 16.8. The fraction of sp³-hybridized carbons (Fsp3) is 0.353. The predicted molar refractivity (Wildman–Crippen MR) is 92.9 cm³/mol. The highest BCUT2D eigenvalue weighted by molar-refractivity contribution is 5.77. The molecule has 0 aliphatic heterocycles. The van der Waals surface area contributed by atoms with Crippen LogP contribution < -0.4 is 10.9 Å². The molecule has 130 valence electrons. The Hall–Kier alpha value is -3.03. The molecule has 25 heavy (non-hydrogen) atoms. The maximum absolute atomic E-state index is 12.3. The van der Waals surface area contributed by atoms with E-state index in [1.165, 1.54) is 0 Å². The normalized spacial score (nSPS) is 10.9. The van der Waals surface area contributed by atoms with Gasteiger partial charge in [-0.3, -0.25) is 18.8 Å². The number of amides is 1. The molecule has 0 spiro atoms. The third-order valence-electron chi connectivity index (χ3n) is 3.89. The Labute approximate surface area is 144 Å². The van der Waals surface area contributed by atoms with E-state index in [1.54, 1.807) is 34.0 Å². The topological polar surface area (TPSA) is 94.7 Å². The molecule has 0 unspecified atom stereocenters. The quantitative estimate of drug-likeness (QED) is 0.617. The summed E-state index contributed by atoms with van der Waals surface area (Å²) in [5.41, 5.74) is 0.618. The maximum atomic E-state index is 12.3. The summed E-state index contributed by atoms with van der Waals surface area (Å²) < 4.78 is 3.28. The minimum Gasteiger partial charge on any atom is -0.356 e. The molecule has 0 bridgehead atoms. The molecule has 1 N–H and O–H groups in total. The molecule has 0 radical (unpaired) electrons. The van der Waals surface area contributed by atoms with Gasteiger partial charge in [0.2, 0.25) is 5.91 Å². The van der Waals surface area contributed by atoms with Crippen LogP contribution in [0.25, 0.3) is 10.9 Å². The molecule has 1 amide bonds. The van der Waals surface area contributed by atoms with Crippen molar-refractivity contribution < 1.29 is 4.79 Å². The monoisotopic (exact) mass is 340 g/mol. The van der Waals surface area contributed by atoms with Gasteiger partial charge in [-0.05, 0) is 25.0 Å². The Morgan fingerprint density at radius 1 is 1.16 bits per heavy atom. The standard InChI is InChI=1S/C17H20N6O2/c24-16(18-8-4-11-23-12-9-20-21-23)7-3-10-22-13-19-15-6-2-1-5-14(15)17(22)25/h1-2,5-6,9,12-13H,3-4,7-8,10-11H2,(H,18,24). The number of hydrogen-bond acceptors (Lipinski definition) is 5. The lowest BCUT2D eigenvalue weighted by molar-refractivity contribution is -0.121. The van der Waals surface area contributed by atoms with Crippen LogP contribution in [0.4, 0.5) is 0 Å². The van der Waals surface area contributed by atoms with Crippen LogP contribution >= 0.6 is 0 Å². The van der Waals surface area contributed by atoms with Crippen LogP contribution in [-0.2, 0) is 17.9 Å². The van der Waals surface area contributed by atoms with Crippen LogP contribution in [0.3, 0.4) is 0 Å². The average molecular weight is 340 g/mol. The summed E-state index contributed by atoms with van der Waals surface area (Å²) >= 11 is 0. The molecule has 8 nitrogen and oxygen atoms in total. The molecule has 3 aromatic rings. The molecule has 2 heterocycles. The van der Waals surface area contributed by atoms with Gasteiger partial charge < -0.3 is 5.32 Å². The number of fused-ring (bicyclic) bond motifs is 1. The number of hydrogen-bond donors (Lipinski definition) is 1. The molecular formula is C17H20N6O2. The zero-order chi connectivity index (χ0) is 17.5. The maximum Gasteiger partial charge on any atom is 0.261 e. The number of aryl methyl sites for hydroxylation is 2. The van der Waals surface area contributed by atoms with Crippen molar-refractivity contribution in [2.45, 2.75) is 32.4 Å². The molecule has 0 saturated heterocycles. The molecular weight excluding hydrogens is 320 g/mol. The lowest BCUT2D eigenvalue weighted by Gasteiger charge is -2.07. The van der Waals surface area contributed by atoms with Gasteiger partial charge in [0.05, 0.1) is 23.4 Å². The predicted octanol–water partition coefficient (Wildman–Crippen LogP) is 0.975. The van der Waals surface area contributed by atoms with Crippen LogP contribution in [0.5, 0.6) is 0 Å². The summed E-state index contributed by atoms with van der Waals surface area (Å²) in [7, 11) is 0. The van der Waals surface area contributed by atoms with E-state index in [9.17, 15) is 9.59 Å². The zero-order valence-corrected chi connectivity index (χ0v) is 13.8. The fourth-order valence-corrected chi connectivity index (χ4v) is 2.58. The molecule has 2 aromatic heterocycles. The zero-order valence-electron chi connectivity index (χ0n) is 13.8. The van der Waals surface area contributed by atoms with Gasteiger partial charge in [-0.15, -0.1) is 5.10 Å². The molecule has 0 aliphatic carbocycles. The van der Waals surface area contributed by atoms with Crippen LogP contribution in [0.1, 0.15) is 19.3 Å². The van der Waals surface area contributed by atoms with Crippen LogP contribution in [0, 0.1) is 0 Å². The Morgan fingerprint density at radius 3 is 2.88 bits per heavy atom. The van der Waals surface area contributed by atoms with E-state index in [4.69, 9.17) is 0 Å². The van der Waals surface area contributed by atoms with Gasteiger partial charge in [-0.1, -0.05) is 17.3 Å². The van der Waals surface area contributed by atoms with E-state index in [-0.39, 0.29) is 11.5 Å². The molecule has 0 saturated carbocycles. The van der Waals surface area contributed by atoms with Crippen LogP contribution in [0.15, 0.2) is 47.8 Å². The SMILES string of the molecule is O=C(CCCn1cnc2ccccc2c1=O)NCCCn1ccnn1. The Kier molecular flexibility index (Phi) is 5.50. The van der Waals surface area contributed by atoms with Gasteiger partial charge in [-0.25, -0.2) is 4.98 Å². The van der Waals surface area contributed by atoms with Gasteiger partial charge in [0.25, 0.3) is 5.56 Å². The van der Waals surface area contributed by atoms with E-state index < -0.39 is 0 Å². The smallest absolute Gasteiger partial charge is 0.261 e. The number of aromatic nitrogens is 5. The van der Waals surface area contributed by atoms with Crippen LogP contribution in [-0.4, -0.2) is 37.0 Å². The summed E-state index contributed by atoms with van der Waals surface area (Å²) in [4.78, 5) is 28.5. The Bertz CT molecular complexity index is 888. The van der Waals surface area contributed by atoms with Gasteiger partial charge >= 0.3 is 0 Å². The largest absolute Gasteiger partial charge is 0.356 e. The van der Waals surface area contributed by atoms with E-state index in [0.717, 1.165) is 13.0 Å². The number of nitrogens with one attached hydrogen (secondary N) is 1. The molecule has 0 aliphatic rings. The highest BCUT2D eigenvalue weighted by Crippen LogP contribution is 2.05. The number of benzene rings is 1. The molecule has 0 atom stereocenters. The van der Waals surface area contributed by atoms with E-state index in [2.05, 4.69) is 20.6 Å². The molecule has 3 rings (SSSR count). The summed E-state index contributed by atoms with van der Waals surface area (Å²) in [5, 5.41) is 11.1. The third kappa shape index (κ3) is 4.50. The van der Waals surface area contributed by atoms with Gasteiger partial charge in [-0.2, -0.15) is 0 Å². The van der Waals surface area contributed by atoms with Crippen LogP contribution in [0.2, 0.25) is 0 Å². The summed E-state index contributed by atoms with van der Waals surface area (Å²) in [6, 6.07) is 7.26. The fourth-order valence-electron chi connectivity index (χ4n) is 2.58. The second kappa shape index (κ2) is 8.18. The number of para-hydroxylation sites is 1. The van der Waals surface area contributed by atoms with Crippen molar-refractivity contribution in [3.05, 3.63) is 53.3 Å². The Balaban J connectivity index is 1.41. The molecule has 8 heteroatoms. The van der Waals surface area contributed by atoms with Crippen molar-refractivity contribution in [1.82, 2.24) is 29.9 Å². The average Bonchev–Trinajstić information content (AvgIpc) is 3.14. The second-order valence-electron chi connectivity index (χ2n) is 5.73. The number of rotatable bonds is 8. The van der Waals surface area contributed by atoms with Crippen molar-refractivity contribution in [3.8, 4) is 0 Å². The summed E-state index contributed by atoms with van der Waals surface area (Å²) in [6.45, 7) is 1.79. The first-order valence-electron chi connectivity index (χ1n) is 8.29. The first-order valence-corrected chi connectivity index (χ1v) is 8.29. The lowest BCUT2D eigenvalue weighted by atomic mass is 10.2. The van der Waals surface area contributed by atoms with Crippen molar-refractivity contribution in [2.24, 2.45) is 0 Å². The van der Waals surface area contributed by atoms with E-state index >= 15 is 0 Å². The minimum atomic E-state index is -0.0705. The van der Waals surface area contributed by atoms with E-state index in [1.807, 2.05) is 18.2 Å². The highest BCUT2D eigenvalue weighted by Gasteiger charge is 2.05. The minimum absolute atomic E-state index is 0.0135. The van der Waals surface area contributed by atoms with Gasteiger partial charge in [0.1, 0.15) is 0 Å². The molecule has 1 aromatic carbocycles. The first-order chi connectivity index (χ1) is 12.2. The number of carbonyl (C=O) groups is 1. The second-order valence-corrected chi connectivity index (χ2v) is 5.73. The Morgan fingerprint density at radius 2 is 2.04 bits per heavy atom. The van der Waals surface area contributed by atoms with Crippen molar-refractivity contribution >= 4 is 16.8 Å². The highest BCUT2D eigenvalue weighted by atomic mass is 16.1. The third-order valence-corrected chi connectivity index (χ3v) is 3.89. The van der Waals surface area contributed by atoms with Crippen molar-refractivity contribution in [2.75, 3.05) is 6.54 Å². The lowest BCUT2D eigenvalue weighted by Crippen LogP contribution is -2.26.